The van der Waals surface area contributed by atoms with Crippen molar-refractivity contribution in [2.75, 3.05) is 13.1 Å². The number of piperidine rings is 1. The number of benzene rings is 1. The van der Waals surface area contributed by atoms with Crippen LogP contribution in [0, 0.1) is 5.82 Å². The minimum Gasteiger partial charge on any atom is -0.348 e. The normalized spacial score (nSPS) is 20.4. The summed E-state index contributed by atoms with van der Waals surface area (Å²) in [6.07, 6.45) is 1.91. The lowest BCUT2D eigenvalue weighted by Crippen LogP contribution is -2.43. The van der Waals surface area contributed by atoms with Crippen LogP contribution in [0.2, 0.25) is 0 Å². The van der Waals surface area contributed by atoms with E-state index < -0.39 is 5.82 Å². The van der Waals surface area contributed by atoms with Gasteiger partial charge in [-0.1, -0.05) is 12.1 Å². The first kappa shape index (κ1) is 11.1. The van der Waals surface area contributed by atoms with Crippen LogP contribution in [0.15, 0.2) is 24.3 Å². The molecule has 1 aromatic carbocycles. The molecule has 1 aliphatic heterocycles. The molecule has 0 bridgehead atoms. The van der Waals surface area contributed by atoms with Gasteiger partial charge in [0.25, 0.3) is 5.91 Å². The van der Waals surface area contributed by atoms with E-state index >= 15 is 0 Å². The van der Waals surface area contributed by atoms with Crippen molar-refractivity contribution in [3.8, 4) is 0 Å². The summed E-state index contributed by atoms with van der Waals surface area (Å²) in [5, 5.41) is 7.02. The molecule has 85 valence electrons. The summed E-state index contributed by atoms with van der Waals surface area (Å²) in [4.78, 5) is 11.7. The highest BCUT2D eigenvalue weighted by Gasteiger charge is 2.18. The highest BCUT2D eigenvalue weighted by Crippen LogP contribution is 2.08. The van der Waals surface area contributed by atoms with Gasteiger partial charge in [-0.15, -0.1) is 0 Å². The van der Waals surface area contributed by atoms with E-state index in [2.05, 4.69) is 10.6 Å². The van der Waals surface area contributed by atoms with Crippen molar-refractivity contribution >= 4 is 5.91 Å². The molecular weight excluding hydrogens is 207 g/mol. The number of hydrogen-bond acceptors (Lipinski definition) is 1. The van der Waals surface area contributed by atoms with Gasteiger partial charge in [0.2, 0.25) is 0 Å². The van der Waals surface area contributed by atoms with E-state index in [9.17, 15) is 9.18 Å². The molecule has 1 saturated heterocycles. The number of rotatable bonds is 2. The molecule has 1 amide bonds. The Labute approximate surface area is 94.0 Å². The van der Waals surface area contributed by atoms with E-state index in [1.165, 1.54) is 12.1 Å². The van der Waals surface area contributed by atoms with Gasteiger partial charge in [-0.05, 0) is 25.0 Å². The van der Waals surface area contributed by atoms with Gasteiger partial charge in [-0.2, -0.15) is 0 Å². The maximum Gasteiger partial charge on any atom is 0.254 e. The molecule has 4 heteroatoms. The third kappa shape index (κ3) is 2.58. The Morgan fingerprint density at radius 2 is 2.25 bits per heavy atom. The van der Waals surface area contributed by atoms with Crippen LogP contribution in [0.4, 0.5) is 4.39 Å². The summed E-state index contributed by atoms with van der Waals surface area (Å²) in [6.45, 7) is 1.51. The summed E-state index contributed by atoms with van der Waals surface area (Å²) in [7, 11) is 0. The second-order valence-corrected chi connectivity index (χ2v) is 3.92. The van der Waals surface area contributed by atoms with E-state index in [0.29, 0.717) is 6.54 Å². The fraction of sp³-hybridized carbons (Fsp3) is 0.417. The van der Waals surface area contributed by atoms with E-state index in [0.717, 1.165) is 19.4 Å². The SMILES string of the molecule is O=C(N[C@H]1CCC[N]C1)c1ccccc1F. The van der Waals surface area contributed by atoms with Gasteiger partial charge in [0.1, 0.15) is 5.82 Å². The van der Waals surface area contributed by atoms with Crippen LogP contribution < -0.4 is 10.6 Å². The quantitative estimate of drug-likeness (QED) is 0.804. The topological polar surface area (TPSA) is 43.2 Å². The summed E-state index contributed by atoms with van der Waals surface area (Å²) >= 11 is 0. The molecule has 1 radical (unpaired) electrons. The Morgan fingerprint density at radius 3 is 2.94 bits per heavy atom. The summed E-state index contributed by atoms with van der Waals surface area (Å²) in [6, 6.07) is 6.07. The number of hydrogen-bond donors (Lipinski definition) is 1. The second-order valence-electron chi connectivity index (χ2n) is 3.92. The predicted octanol–water partition coefficient (Wildman–Crippen LogP) is 1.32. The Bertz CT molecular complexity index is 375. The number of halogens is 1. The molecule has 1 heterocycles. The van der Waals surface area contributed by atoms with Gasteiger partial charge in [-0.3, -0.25) is 4.79 Å². The van der Waals surface area contributed by atoms with Crippen molar-refractivity contribution in [1.82, 2.24) is 10.6 Å². The third-order valence-electron chi connectivity index (χ3n) is 2.67. The monoisotopic (exact) mass is 221 g/mol. The van der Waals surface area contributed by atoms with Gasteiger partial charge in [0.15, 0.2) is 0 Å². The lowest BCUT2D eigenvalue weighted by molar-refractivity contribution is 0.0926. The maximum atomic E-state index is 13.3. The number of amides is 1. The first-order valence-electron chi connectivity index (χ1n) is 5.46. The van der Waals surface area contributed by atoms with Crippen LogP contribution in [0.1, 0.15) is 23.2 Å². The minimum atomic E-state index is -0.479. The molecule has 1 N–H and O–H groups in total. The summed E-state index contributed by atoms with van der Waals surface area (Å²) < 4.78 is 13.3. The van der Waals surface area contributed by atoms with Crippen molar-refractivity contribution in [3.05, 3.63) is 35.6 Å². The average molecular weight is 221 g/mol. The van der Waals surface area contributed by atoms with E-state index in [4.69, 9.17) is 0 Å². The fourth-order valence-electron chi connectivity index (χ4n) is 1.81. The van der Waals surface area contributed by atoms with Crippen molar-refractivity contribution in [1.29, 1.82) is 0 Å². The van der Waals surface area contributed by atoms with Crippen molar-refractivity contribution in [2.45, 2.75) is 18.9 Å². The van der Waals surface area contributed by atoms with Gasteiger partial charge < -0.3 is 5.32 Å². The van der Waals surface area contributed by atoms with Gasteiger partial charge in [-0.25, -0.2) is 9.71 Å². The largest absolute Gasteiger partial charge is 0.348 e. The van der Waals surface area contributed by atoms with Crippen LogP contribution >= 0.6 is 0 Å². The van der Waals surface area contributed by atoms with E-state index in [1.807, 2.05) is 0 Å². The smallest absolute Gasteiger partial charge is 0.254 e. The summed E-state index contributed by atoms with van der Waals surface area (Å²) in [5.41, 5.74) is 0.105. The number of carbonyl (C=O) groups is 1. The zero-order chi connectivity index (χ0) is 11.4. The Hall–Kier alpha value is -1.42. The molecule has 1 aliphatic rings. The fourth-order valence-corrected chi connectivity index (χ4v) is 1.81. The predicted molar refractivity (Wildman–Crippen MR) is 58.8 cm³/mol. The molecule has 0 spiro atoms. The van der Waals surface area contributed by atoms with E-state index in [1.54, 1.807) is 12.1 Å². The number of nitrogens with one attached hydrogen (secondary N) is 1. The number of nitrogens with zero attached hydrogens (tertiary/aromatic N) is 1. The molecule has 3 nitrogen and oxygen atoms in total. The molecule has 0 unspecified atom stereocenters. The first-order chi connectivity index (χ1) is 7.77. The van der Waals surface area contributed by atoms with Gasteiger partial charge >= 0.3 is 0 Å². The molecule has 1 fully saturated rings. The molecule has 0 saturated carbocycles. The Kier molecular flexibility index (Phi) is 3.51. The molecule has 16 heavy (non-hydrogen) atoms. The average Bonchev–Trinajstić information content (AvgIpc) is 2.31. The number of carbonyl (C=O) groups excluding carboxylic acids is 1. The van der Waals surface area contributed by atoms with Crippen LogP contribution in [0.25, 0.3) is 0 Å². The minimum absolute atomic E-state index is 0.0563. The molecule has 0 aliphatic carbocycles. The van der Waals surface area contributed by atoms with Crippen LogP contribution in [-0.4, -0.2) is 25.0 Å². The zero-order valence-electron chi connectivity index (χ0n) is 8.95. The lowest BCUT2D eigenvalue weighted by atomic mass is 10.1. The molecule has 1 atom stereocenters. The van der Waals surface area contributed by atoms with Gasteiger partial charge in [0, 0.05) is 19.1 Å². The van der Waals surface area contributed by atoms with Crippen molar-refractivity contribution in [2.24, 2.45) is 0 Å². The van der Waals surface area contributed by atoms with E-state index in [-0.39, 0.29) is 17.5 Å². The van der Waals surface area contributed by atoms with Crippen molar-refractivity contribution < 1.29 is 9.18 Å². The van der Waals surface area contributed by atoms with Crippen LogP contribution in [-0.2, 0) is 0 Å². The highest BCUT2D eigenvalue weighted by molar-refractivity contribution is 5.94. The van der Waals surface area contributed by atoms with Crippen molar-refractivity contribution in [3.63, 3.8) is 0 Å². The molecule has 1 aromatic rings. The van der Waals surface area contributed by atoms with Gasteiger partial charge in [0.05, 0.1) is 5.56 Å². The molecule has 0 aromatic heterocycles. The molecule has 2 rings (SSSR count). The summed E-state index contributed by atoms with van der Waals surface area (Å²) in [5.74, 6) is -0.826. The standard InChI is InChI=1S/C12H14FN2O/c13-11-6-2-1-5-10(11)12(16)15-9-4-3-7-14-8-9/h1-2,5-6,9H,3-4,7-8H2,(H,15,16)/t9-/m0/s1. The Balaban J connectivity index is 2.00. The highest BCUT2D eigenvalue weighted by atomic mass is 19.1. The first-order valence-corrected chi connectivity index (χ1v) is 5.46. The molecular formula is C12H14FN2O. The Morgan fingerprint density at radius 1 is 1.44 bits per heavy atom. The zero-order valence-corrected chi connectivity index (χ0v) is 8.95. The maximum absolute atomic E-state index is 13.3. The lowest BCUT2D eigenvalue weighted by Gasteiger charge is -2.22. The van der Waals surface area contributed by atoms with Crippen LogP contribution in [0.5, 0.6) is 0 Å². The second kappa shape index (κ2) is 5.07. The van der Waals surface area contributed by atoms with Crippen LogP contribution in [0.3, 0.4) is 0 Å². The third-order valence-corrected chi connectivity index (χ3v) is 2.67.